The number of rotatable bonds is 4. The van der Waals surface area contributed by atoms with Gasteiger partial charge in [-0.25, -0.2) is 0 Å². The van der Waals surface area contributed by atoms with Crippen LogP contribution in [-0.2, 0) is 13.0 Å². The van der Waals surface area contributed by atoms with E-state index in [2.05, 4.69) is 35.9 Å². The summed E-state index contributed by atoms with van der Waals surface area (Å²) >= 11 is 4.06. The quantitative estimate of drug-likeness (QED) is 0.943. The first kappa shape index (κ1) is 14.3. The zero-order valence-corrected chi connectivity index (χ0v) is 13.4. The maximum atomic E-state index is 6.44. The van der Waals surface area contributed by atoms with Gasteiger partial charge >= 0.3 is 0 Å². The van der Waals surface area contributed by atoms with Crippen LogP contribution in [0.2, 0.25) is 0 Å². The summed E-state index contributed by atoms with van der Waals surface area (Å²) in [5, 5.41) is 6.59. The molecule has 1 aliphatic heterocycles. The predicted octanol–water partition coefficient (Wildman–Crippen LogP) is 2.77. The summed E-state index contributed by atoms with van der Waals surface area (Å²) in [5.41, 5.74) is 8.82. The maximum absolute atomic E-state index is 6.44. The zero-order valence-electron chi connectivity index (χ0n) is 11.8. The molecular formula is C15H21N3S2. The molecule has 1 aromatic carbocycles. The lowest BCUT2D eigenvalue weighted by Crippen LogP contribution is -2.38. The minimum Gasteiger partial charge on any atom is -0.326 e. The Morgan fingerprint density at radius 1 is 1.40 bits per heavy atom. The Morgan fingerprint density at radius 2 is 2.25 bits per heavy atom. The van der Waals surface area contributed by atoms with Crippen molar-refractivity contribution < 1.29 is 0 Å². The Kier molecular flexibility index (Phi) is 4.58. The Morgan fingerprint density at radius 3 is 3.00 bits per heavy atom. The number of aryl methyl sites for hydroxylation is 1. The highest BCUT2D eigenvalue weighted by Crippen LogP contribution is 2.28. The number of fused-ring (bicyclic) bond motifs is 1. The van der Waals surface area contributed by atoms with Crippen LogP contribution in [0.5, 0.6) is 0 Å². The highest BCUT2D eigenvalue weighted by atomic mass is 32.2. The summed E-state index contributed by atoms with van der Waals surface area (Å²) in [4.78, 5) is 0. The van der Waals surface area contributed by atoms with Crippen LogP contribution in [0.15, 0.2) is 24.3 Å². The molecule has 1 saturated heterocycles. The Hall–Kier alpha value is -0.650. The Bertz CT molecular complexity index is 576. The van der Waals surface area contributed by atoms with Gasteiger partial charge in [0.15, 0.2) is 0 Å². The number of benzene rings is 1. The van der Waals surface area contributed by atoms with Crippen molar-refractivity contribution in [3.05, 3.63) is 30.0 Å². The molecule has 2 heterocycles. The highest BCUT2D eigenvalue weighted by Gasteiger charge is 2.23. The summed E-state index contributed by atoms with van der Waals surface area (Å²) in [6.45, 7) is 3.04. The number of hydrogen-bond acceptors (Lipinski definition) is 4. The van der Waals surface area contributed by atoms with Gasteiger partial charge in [-0.3, -0.25) is 4.68 Å². The van der Waals surface area contributed by atoms with Crippen LogP contribution < -0.4 is 5.73 Å². The number of nitrogens with zero attached hydrogens (tertiary/aromatic N) is 2. The van der Waals surface area contributed by atoms with Crippen molar-refractivity contribution >= 4 is 34.4 Å². The van der Waals surface area contributed by atoms with Crippen molar-refractivity contribution in [3.63, 3.8) is 0 Å². The van der Waals surface area contributed by atoms with Crippen LogP contribution in [-0.4, -0.2) is 38.3 Å². The zero-order chi connectivity index (χ0) is 13.9. The third-order valence-electron chi connectivity index (χ3n) is 3.78. The first-order valence-electron chi connectivity index (χ1n) is 7.19. The fraction of sp³-hybridized carbons (Fsp3) is 0.533. The molecule has 2 atom stereocenters. The van der Waals surface area contributed by atoms with Gasteiger partial charge in [-0.15, -0.1) is 0 Å². The number of nitrogens with two attached hydrogens (primary N) is 1. The summed E-state index contributed by atoms with van der Waals surface area (Å²) in [5.74, 6) is 3.67. The molecule has 0 bridgehead atoms. The lowest BCUT2D eigenvalue weighted by atomic mass is 10.1. The molecule has 0 aliphatic carbocycles. The fourth-order valence-electron chi connectivity index (χ4n) is 2.70. The molecule has 20 heavy (non-hydrogen) atoms. The molecule has 2 aromatic rings. The van der Waals surface area contributed by atoms with Gasteiger partial charge in [0.25, 0.3) is 0 Å². The van der Waals surface area contributed by atoms with E-state index in [1.54, 1.807) is 0 Å². The molecule has 2 unspecified atom stereocenters. The lowest BCUT2D eigenvalue weighted by molar-refractivity contribution is 0.622. The smallest absolute Gasteiger partial charge is 0.0719 e. The van der Waals surface area contributed by atoms with Crippen LogP contribution in [0, 0.1) is 0 Å². The molecule has 0 spiro atoms. The third-order valence-corrected chi connectivity index (χ3v) is 6.72. The number of hydrogen-bond donors (Lipinski definition) is 1. The minimum absolute atomic E-state index is 0.205. The molecule has 3 rings (SSSR count). The van der Waals surface area contributed by atoms with Gasteiger partial charge < -0.3 is 5.73 Å². The van der Waals surface area contributed by atoms with Gasteiger partial charge in [-0.2, -0.15) is 28.6 Å². The second-order valence-corrected chi connectivity index (χ2v) is 7.63. The molecule has 108 valence electrons. The number of thioether (sulfide) groups is 2. The van der Waals surface area contributed by atoms with E-state index in [4.69, 9.17) is 10.8 Å². The summed E-state index contributed by atoms with van der Waals surface area (Å²) in [6, 6.07) is 8.68. The van der Waals surface area contributed by atoms with E-state index in [9.17, 15) is 0 Å². The maximum Gasteiger partial charge on any atom is 0.0719 e. The summed E-state index contributed by atoms with van der Waals surface area (Å²) < 4.78 is 2.08. The van der Waals surface area contributed by atoms with Crippen LogP contribution in [0.25, 0.3) is 10.9 Å². The van der Waals surface area contributed by atoms with Crippen molar-refractivity contribution in [2.75, 3.05) is 17.3 Å². The normalized spacial score (nSPS) is 21.2. The molecule has 3 nitrogen and oxygen atoms in total. The monoisotopic (exact) mass is 307 g/mol. The van der Waals surface area contributed by atoms with Crippen molar-refractivity contribution in [2.45, 2.75) is 31.2 Å². The molecule has 0 amide bonds. The van der Waals surface area contributed by atoms with E-state index in [1.165, 1.54) is 28.2 Å². The van der Waals surface area contributed by atoms with Gasteiger partial charge in [-0.05, 0) is 13.0 Å². The van der Waals surface area contributed by atoms with Crippen molar-refractivity contribution in [2.24, 2.45) is 5.73 Å². The Balaban J connectivity index is 1.83. The second-order valence-electron chi connectivity index (χ2n) is 5.13. The van der Waals surface area contributed by atoms with Gasteiger partial charge in [0.1, 0.15) is 0 Å². The molecule has 1 aromatic heterocycles. The van der Waals surface area contributed by atoms with Gasteiger partial charge in [0, 0.05) is 46.9 Å². The van der Waals surface area contributed by atoms with Crippen molar-refractivity contribution in [1.29, 1.82) is 0 Å². The van der Waals surface area contributed by atoms with E-state index in [1.807, 2.05) is 23.5 Å². The average molecular weight is 307 g/mol. The SMILES string of the molecule is CCn1nc(CC(N)C2CSCCS2)c2ccccc21. The first-order chi connectivity index (χ1) is 9.79. The van der Waals surface area contributed by atoms with Crippen LogP contribution >= 0.6 is 23.5 Å². The molecular weight excluding hydrogens is 286 g/mol. The van der Waals surface area contributed by atoms with E-state index < -0.39 is 0 Å². The molecule has 0 radical (unpaired) electrons. The lowest BCUT2D eigenvalue weighted by Gasteiger charge is -2.26. The van der Waals surface area contributed by atoms with E-state index in [0.717, 1.165) is 18.7 Å². The van der Waals surface area contributed by atoms with E-state index in [0.29, 0.717) is 5.25 Å². The second kappa shape index (κ2) is 6.41. The topological polar surface area (TPSA) is 43.8 Å². The minimum atomic E-state index is 0.205. The van der Waals surface area contributed by atoms with Crippen LogP contribution in [0.3, 0.4) is 0 Å². The molecule has 1 fully saturated rings. The largest absolute Gasteiger partial charge is 0.326 e. The van der Waals surface area contributed by atoms with Crippen molar-refractivity contribution in [1.82, 2.24) is 9.78 Å². The molecule has 2 N–H and O–H groups in total. The summed E-state index contributed by atoms with van der Waals surface area (Å²) in [6.07, 6.45) is 0.881. The highest BCUT2D eigenvalue weighted by molar-refractivity contribution is 8.06. The molecule has 0 saturated carbocycles. The van der Waals surface area contributed by atoms with Crippen molar-refractivity contribution in [3.8, 4) is 0 Å². The number of para-hydroxylation sites is 1. The molecule has 1 aliphatic rings. The third kappa shape index (κ3) is 2.85. The van der Waals surface area contributed by atoms with Gasteiger partial charge in [0.2, 0.25) is 0 Å². The van der Waals surface area contributed by atoms with Gasteiger partial charge in [-0.1, -0.05) is 18.2 Å². The Labute approximate surface area is 128 Å². The van der Waals surface area contributed by atoms with E-state index in [-0.39, 0.29) is 6.04 Å². The first-order valence-corrected chi connectivity index (χ1v) is 9.39. The predicted molar refractivity (Wildman–Crippen MR) is 90.7 cm³/mol. The summed E-state index contributed by atoms with van der Waals surface area (Å²) in [7, 11) is 0. The fourth-order valence-corrected chi connectivity index (χ4v) is 5.52. The van der Waals surface area contributed by atoms with E-state index >= 15 is 0 Å². The van der Waals surface area contributed by atoms with Crippen LogP contribution in [0.4, 0.5) is 0 Å². The standard InChI is InChI=1S/C15H21N3S2/c1-2-18-14-6-4-3-5-11(14)13(17-18)9-12(16)15-10-19-7-8-20-15/h3-6,12,15H,2,7-10,16H2,1H3. The average Bonchev–Trinajstić information content (AvgIpc) is 2.86. The van der Waals surface area contributed by atoms with Gasteiger partial charge in [0.05, 0.1) is 11.2 Å². The molecule has 5 heteroatoms. The number of aromatic nitrogens is 2. The van der Waals surface area contributed by atoms with Crippen LogP contribution in [0.1, 0.15) is 12.6 Å².